The average Bonchev–Trinajstić information content (AvgIpc) is 2.46. The Labute approximate surface area is 116 Å². The zero-order valence-electron chi connectivity index (χ0n) is 10.6. The molecule has 2 heterocycles. The largest absolute Gasteiger partial charge is 0.394 e. The number of hydrogen-bond donors (Lipinski definition) is 2. The van der Waals surface area contributed by atoms with Gasteiger partial charge >= 0.3 is 0 Å². The van der Waals surface area contributed by atoms with Crippen molar-refractivity contribution in [2.45, 2.75) is 6.04 Å². The highest BCUT2D eigenvalue weighted by molar-refractivity contribution is 6.33. The van der Waals surface area contributed by atoms with Crippen LogP contribution >= 0.6 is 11.6 Å². The number of ether oxygens (including phenoxy) is 1. The van der Waals surface area contributed by atoms with Crippen molar-refractivity contribution in [2.24, 2.45) is 0 Å². The highest BCUT2D eigenvalue weighted by atomic mass is 35.5. The first-order chi connectivity index (χ1) is 9.17. The van der Waals surface area contributed by atoms with Crippen molar-refractivity contribution < 1.29 is 14.6 Å². The number of amides is 1. The predicted molar refractivity (Wildman–Crippen MR) is 71.5 cm³/mol. The van der Waals surface area contributed by atoms with Gasteiger partial charge in [-0.1, -0.05) is 11.6 Å². The lowest BCUT2D eigenvalue weighted by Gasteiger charge is -2.34. The Bertz CT molecular complexity index is 470. The van der Waals surface area contributed by atoms with Crippen LogP contribution in [0.25, 0.3) is 0 Å². The smallest absolute Gasteiger partial charge is 0.255 e. The van der Waals surface area contributed by atoms with Gasteiger partial charge in [-0.05, 0) is 6.07 Å². The second kappa shape index (κ2) is 6.18. The molecule has 6 nitrogen and oxygen atoms in total. The third kappa shape index (κ3) is 2.97. The van der Waals surface area contributed by atoms with Crippen molar-refractivity contribution in [2.75, 3.05) is 38.7 Å². The van der Waals surface area contributed by atoms with E-state index in [1.807, 2.05) is 0 Å². The monoisotopic (exact) mass is 285 g/mol. The predicted octanol–water partition coefficient (Wildman–Crippen LogP) is 0.610. The number of nitrogens with zero attached hydrogens (tertiary/aromatic N) is 2. The molecule has 1 amide bonds. The summed E-state index contributed by atoms with van der Waals surface area (Å²) in [7, 11) is 1.71. The zero-order chi connectivity index (χ0) is 13.8. The van der Waals surface area contributed by atoms with E-state index in [-0.39, 0.29) is 18.6 Å². The van der Waals surface area contributed by atoms with Crippen LogP contribution in [0, 0.1) is 0 Å². The molecule has 7 heteroatoms. The third-order valence-electron chi connectivity index (χ3n) is 3.02. The summed E-state index contributed by atoms with van der Waals surface area (Å²) in [5.74, 6) is 0.332. The first kappa shape index (κ1) is 14.0. The molecule has 1 aliphatic rings. The number of pyridine rings is 1. The van der Waals surface area contributed by atoms with Gasteiger partial charge in [0.05, 0.1) is 36.4 Å². The Kier molecular flexibility index (Phi) is 4.57. The van der Waals surface area contributed by atoms with Crippen molar-refractivity contribution >= 4 is 23.3 Å². The topological polar surface area (TPSA) is 74.7 Å². The molecular formula is C12H16ClN3O3. The molecule has 2 rings (SSSR count). The molecule has 1 atom stereocenters. The molecule has 1 saturated heterocycles. The van der Waals surface area contributed by atoms with E-state index in [2.05, 4.69) is 10.3 Å². The molecule has 2 N–H and O–H groups in total. The summed E-state index contributed by atoms with van der Waals surface area (Å²) in [4.78, 5) is 18.0. The average molecular weight is 286 g/mol. The molecule has 1 unspecified atom stereocenters. The number of aliphatic hydroxyl groups is 1. The fraction of sp³-hybridized carbons (Fsp3) is 0.500. The van der Waals surface area contributed by atoms with Crippen molar-refractivity contribution in [1.29, 1.82) is 0 Å². The van der Waals surface area contributed by atoms with Gasteiger partial charge in [-0.3, -0.25) is 4.79 Å². The van der Waals surface area contributed by atoms with Gasteiger partial charge in [0.1, 0.15) is 5.82 Å². The van der Waals surface area contributed by atoms with Crippen LogP contribution in [0.4, 0.5) is 5.82 Å². The Morgan fingerprint density at radius 3 is 3.16 bits per heavy atom. The summed E-state index contributed by atoms with van der Waals surface area (Å²) in [5, 5.41) is 12.5. The number of rotatable bonds is 3. The molecular weight excluding hydrogens is 270 g/mol. The van der Waals surface area contributed by atoms with E-state index in [9.17, 15) is 9.90 Å². The normalized spacial score (nSPS) is 19.3. The molecule has 104 valence electrons. The van der Waals surface area contributed by atoms with E-state index in [1.165, 1.54) is 6.20 Å². The van der Waals surface area contributed by atoms with E-state index in [0.717, 1.165) is 0 Å². The van der Waals surface area contributed by atoms with E-state index >= 15 is 0 Å². The second-order valence-electron chi connectivity index (χ2n) is 4.21. The van der Waals surface area contributed by atoms with Crippen LogP contribution in [0.5, 0.6) is 0 Å². The van der Waals surface area contributed by atoms with Gasteiger partial charge in [0.2, 0.25) is 0 Å². The lowest BCUT2D eigenvalue weighted by atomic mass is 10.2. The Morgan fingerprint density at radius 1 is 1.74 bits per heavy atom. The van der Waals surface area contributed by atoms with E-state index in [0.29, 0.717) is 36.2 Å². The van der Waals surface area contributed by atoms with Crippen LogP contribution in [0.1, 0.15) is 10.4 Å². The van der Waals surface area contributed by atoms with Crippen molar-refractivity contribution in [3.63, 3.8) is 0 Å². The maximum Gasteiger partial charge on any atom is 0.255 e. The molecule has 1 aromatic heterocycles. The molecule has 1 aromatic rings. The maximum absolute atomic E-state index is 12.4. The van der Waals surface area contributed by atoms with Crippen LogP contribution in [0.2, 0.25) is 5.02 Å². The summed E-state index contributed by atoms with van der Waals surface area (Å²) < 4.78 is 5.24. The molecule has 0 aliphatic carbocycles. The van der Waals surface area contributed by atoms with Crippen LogP contribution in [0.15, 0.2) is 12.3 Å². The fourth-order valence-corrected chi connectivity index (χ4v) is 2.24. The van der Waals surface area contributed by atoms with Crippen LogP contribution in [-0.4, -0.2) is 60.4 Å². The third-order valence-corrected chi connectivity index (χ3v) is 3.31. The second-order valence-corrected chi connectivity index (χ2v) is 4.62. The summed E-state index contributed by atoms with van der Waals surface area (Å²) in [6, 6.07) is 1.26. The van der Waals surface area contributed by atoms with Gasteiger partial charge in [-0.25, -0.2) is 4.98 Å². The summed E-state index contributed by atoms with van der Waals surface area (Å²) in [6.45, 7) is 1.15. The molecule has 19 heavy (non-hydrogen) atoms. The number of morpholine rings is 1. The maximum atomic E-state index is 12.4. The lowest BCUT2D eigenvalue weighted by Crippen LogP contribution is -2.50. The highest BCUT2D eigenvalue weighted by Gasteiger charge is 2.28. The number of hydrogen-bond acceptors (Lipinski definition) is 5. The number of aliphatic hydroxyl groups excluding tert-OH is 1. The van der Waals surface area contributed by atoms with Crippen molar-refractivity contribution in [1.82, 2.24) is 9.88 Å². The molecule has 0 saturated carbocycles. The molecule has 0 bridgehead atoms. The van der Waals surface area contributed by atoms with E-state index in [4.69, 9.17) is 16.3 Å². The minimum atomic E-state index is -0.316. The van der Waals surface area contributed by atoms with Crippen LogP contribution < -0.4 is 5.32 Å². The Morgan fingerprint density at radius 2 is 2.53 bits per heavy atom. The van der Waals surface area contributed by atoms with E-state index < -0.39 is 0 Å². The fourth-order valence-electron chi connectivity index (χ4n) is 1.98. The number of carbonyl (C=O) groups is 1. The molecule has 1 fully saturated rings. The molecule has 1 aliphatic heterocycles. The van der Waals surface area contributed by atoms with Gasteiger partial charge in [0.25, 0.3) is 5.91 Å². The van der Waals surface area contributed by atoms with Crippen molar-refractivity contribution in [3.8, 4) is 0 Å². The SMILES string of the molecule is CNc1ncc(C(=O)N2CCOCC2CO)cc1Cl. The molecule has 0 aromatic carbocycles. The quantitative estimate of drug-likeness (QED) is 0.851. The minimum Gasteiger partial charge on any atom is -0.394 e. The first-order valence-electron chi connectivity index (χ1n) is 6.00. The number of carbonyl (C=O) groups excluding carboxylic acids is 1. The standard InChI is InChI=1S/C12H16ClN3O3/c1-14-11-10(13)4-8(5-15-11)12(18)16-2-3-19-7-9(16)6-17/h4-5,9,17H,2-3,6-7H2,1H3,(H,14,15). The Balaban J connectivity index is 2.20. The summed E-state index contributed by atoms with van der Waals surface area (Å²) in [5.41, 5.74) is 0.407. The number of anilines is 1. The van der Waals surface area contributed by atoms with Crippen LogP contribution in [-0.2, 0) is 4.74 Å². The summed E-state index contributed by atoms with van der Waals surface area (Å²) in [6.07, 6.45) is 1.48. The summed E-state index contributed by atoms with van der Waals surface area (Å²) >= 11 is 6.01. The van der Waals surface area contributed by atoms with Gasteiger partial charge < -0.3 is 20.1 Å². The zero-order valence-corrected chi connectivity index (χ0v) is 11.4. The van der Waals surface area contributed by atoms with Gasteiger partial charge in [0.15, 0.2) is 0 Å². The van der Waals surface area contributed by atoms with Crippen molar-refractivity contribution in [3.05, 3.63) is 22.8 Å². The van der Waals surface area contributed by atoms with Gasteiger partial charge in [-0.15, -0.1) is 0 Å². The number of halogens is 1. The Hall–Kier alpha value is -1.37. The van der Waals surface area contributed by atoms with Crippen LogP contribution in [0.3, 0.4) is 0 Å². The minimum absolute atomic E-state index is 0.124. The first-order valence-corrected chi connectivity index (χ1v) is 6.38. The van der Waals surface area contributed by atoms with Gasteiger partial charge in [-0.2, -0.15) is 0 Å². The molecule has 0 radical (unpaired) electrons. The molecule has 0 spiro atoms. The highest BCUT2D eigenvalue weighted by Crippen LogP contribution is 2.21. The number of aromatic nitrogens is 1. The number of nitrogens with one attached hydrogen (secondary N) is 1. The van der Waals surface area contributed by atoms with Gasteiger partial charge in [0, 0.05) is 19.8 Å². The lowest BCUT2D eigenvalue weighted by molar-refractivity contribution is -0.0184. The van der Waals surface area contributed by atoms with E-state index in [1.54, 1.807) is 18.0 Å².